The van der Waals surface area contributed by atoms with Gasteiger partial charge in [-0.3, -0.25) is 0 Å². The highest BCUT2D eigenvalue weighted by Crippen LogP contribution is 2.26. The molecule has 3 rings (SSSR count). The van der Waals surface area contributed by atoms with Crippen molar-refractivity contribution in [3.8, 4) is 17.2 Å². The van der Waals surface area contributed by atoms with E-state index >= 15 is 0 Å². The number of hydrogen-bond acceptors (Lipinski definition) is 7. The van der Waals surface area contributed by atoms with Gasteiger partial charge in [0.05, 0.1) is 12.7 Å². The molecule has 2 N–H and O–H groups in total. The maximum Gasteiger partial charge on any atom is 0.277 e. The second-order valence-corrected chi connectivity index (χ2v) is 5.41. The van der Waals surface area contributed by atoms with Gasteiger partial charge in [-0.1, -0.05) is 23.9 Å². The number of nitrogens with zero attached hydrogens (tertiary/aromatic N) is 3. The van der Waals surface area contributed by atoms with Crippen molar-refractivity contribution in [3.05, 3.63) is 48.2 Å². The van der Waals surface area contributed by atoms with E-state index < -0.39 is 0 Å². The number of benzene rings is 1. The van der Waals surface area contributed by atoms with Crippen LogP contribution in [0, 0.1) is 0 Å². The summed E-state index contributed by atoms with van der Waals surface area (Å²) in [6.45, 7) is 0. The number of aromatic nitrogens is 3. The highest BCUT2D eigenvalue weighted by Gasteiger charge is 2.09. The normalized spacial score (nSPS) is 10.6. The predicted molar refractivity (Wildman–Crippen MR) is 84.5 cm³/mol. The molecule has 7 heteroatoms. The van der Waals surface area contributed by atoms with Crippen LogP contribution in [-0.2, 0) is 5.75 Å². The quantitative estimate of drug-likeness (QED) is 0.724. The minimum Gasteiger partial charge on any atom is -0.497 e. The van der Waals surface area contributed by atoms with Crippen molar-refractivity contribution in [2.45, 2.75) is 11.0 Å². The Morgan fingerprint density at radius 3 is 2.64 bits per heavy atom. The SMILES string of the molecule is COc1ccc(CSc2nnc(-c3ccc(N)nc3)o2)cc1. The topological polar surface area (TPSA) is 87.1 Å². The lowest BCUT2D eigenvalue weighted by molar-refractivity contribution is 0.414. The number of ether oxygens (including phenoxy) is 1. The Morgan fingerprint density at radius 2 is 1.95 bits per heavy atom. The lowest BCUT2D eigenvalue weighted by Crippen LogP contribution is -1.88. The minimum absolute atomic E-state index is 0.435. The number of rotatable bonds is 5. The van der Waals surface area contributed by atoms with E-state index in [0.29, 0.717) is 16.9 Å². The molecule has 0 radical (unpaired) electrons. The second-order valence-electron chi connectivity index (χ2n) is 4.48. The molecule has 2 aromatic heterocycles. The molecule has 3 aromatic rings. The Labute approximate surface area is 131 Å². The maximum atomic E-state index is 5.61. The first-order valence-electron chi connectivity index (χ1n) is 6.56. The molecule has 1 aromatic carbocycles. The number of nitrogen functional groups attached to an aromatic ring is 1. The fraction of sp³-hybridized carbons (Fsp3) is 0.133. The molecule has 0 saturated carbocycles. The Morgan fingerprint density at radius 1 is 1.14 bits per heavy atom. The van der Waals surface area contributed by atoms with Gasteiger partial charge < -0.3 is 14.9 Å². The first kappa shape index (κ1) is 14.4. The Kier molecular flexibility index (Phi) is 4.24. The van der Waals surface area contributed by atoms with Gasteiger partial charge in [-0.15, -0.1) is 10.2 Å². The number of thioether (sulfide) groups is 1. The molecule has 0 unspecified atom stereocenters. The molecular weight excluding hydrogens is 300 g/mol. The van der Waals surface area contributed by atoms with E-state index in [1.165, 1.54) is 11.8 Å². The van der Waals surface area contributed by atoms with E-state index in [2.05, 4.69) is 15.2 Å². The zero-order chi connectivity index (χ0) is 15.4. The van der Waals surface area contributed by atoms with Crippen molar-refractivity contribution in [1.82, 2.24) is 15.2 Å². The van der Waals surface area contributed by atoms with Crippen molar-refractivity contribution in [1.29, 1.82) is 0 Å². The van der Waals surface area contributed by atoms with E-state index in [0.717, 1.165) is 22.6 Å². The summed E-state index contributed by atoms with van der Waals surface area (Å²) in [4.78, 5) is 4.01. The average Bonchev–Trinajstić information content (AvgIpc) is 3.03. The van der Waals surface area contributed by atoms with Gasteiger partial charge in [0, 0.05) is 11.9 Å². The van der Waals surface area contributed by atoms with Crippen molar-refractivity contribution >= 4 is 17.6 Å². The molecule has 0 bridgehead atoms. The van der Waals surface area contributed by atoms with Crippen LogP contribution in [0.3, 0.4) is 0 Å². The molecular formula is C15H14N4O2S. The summed E-state index contributed by atoms with van der Waals surface area (Å²) in [5, 5.41) is 8.56. The van der Waals surface area contributed by atoms with E-state index in [1.807, 2.05) is 24.3 Å². The third kappa shape index (κ3) is 3.37. The smallest absolute Gasteiger partial charge is 0.277 e. The summed E-state index contributed by atoms with van der Waals surface area (Å²) in [5.41, 5.74) is 7.45. The summed E-state index contributed by atoms with van der Waals surface area (Å²) < 4.78 is 10.7. The van der Waals surface area contributed by atoms with Crippen LogP contribution in [0.15, 0.2) is 52.2 Å². The highest BCUT2D eigenvalue weighted by atomic mass is 32.2. The van der Waals surface area contributed by atoms with Crippen LogP contribution < -0.4 is 10.5 Å². The van der Waals surface area contributed by atoms with Crippen molar-refractivity contribution in [3.63, 3.8) is 0 Å². The van der Waals surface area contributed by atoms with E-state index in [-0.39, 0.29) is 0 Å². The summed E-state index contributed by atoms with van der Waals surface area (Å²) in [6, 6.07) is 11.4. The molecule has 0 saturated heterocycles. The number of hydrogen-bond donors (Lipinski definition) is 1. The third-order valence-electron chi connectivity index (χ3n) is 2.96. The molecule has 0 amide bonds. The number of anilines is 1. The first-order chi connectivity index (χ1) is 10.7. The molecule has 6 nitrogen and oxygen atoms in total. The lowest BCUT2D eigenvalue weighted by Gasteiger charge is -2.01. The number of methoxy groups -OCH3 is 1. The van der Waals surface area contributed by atoms with Gasteiger partial charge >= 0.3 is 0 Å². The van der Waals surface area contributed by atoms with Crippen molar-refractivity contribution in [2.24, 2.45) is 0 Å². The van der Waals surface area contributed by atoms with Gasteiger partial charge in [-0.05, 0) is 29.8 Å². The Balaban J connectivity index is 1.65. The fourth-order valence-corrected chi connectivity index (χ4v) is 2.50. The Bertz CT molecular complexity index is 741. The van der Waals surface area contributed by atoms with Crippen LogP contribution in [0.25, 0.3) is 11.5 Å². The number of pyridine rings is 1. The molecule has 2 heterocycles. The molecule has 112 valence electrons. The standard InChI is InChI=1S/C15H14N4O2S/c1-20-12-5-2-10(3-6-12)9-22-15-19-18-14(21-15)11-4-7-13(16)17-8-11/h2-8H,9H2,1H3,(H2,16,17). The van der Waals surface area contributed by atoms with Crippen molar-refractivity contribution < 1.29 is 9.15 Å². The first-order valence-corrected chi connectivity index (χ1v) is 7.54. The monoisotopic (exact) mass is 314 g/mol. The molecule has 0 spiro atoms. The van der Waals surface area contributed by atoms with Crippen LogP contribution in [0.5, 0.6) is 5.75 Å². The zero-order valence-electron chi connectivity index (χ0n) is 11.9. The van der Waals surface area contributed by atoms with E-state index in [4.69, 9.17) is 14.9 Å². The molecule has 0 aliphatic rings. The largest absolute Gasteiger partial charge is 0.497 e. The van der Waals surface area contributed by atoms with Crippen LogP contribution in [0.2, 0.25) is 0 Å². The molecule has 0 fully saturated rings. The lowest BCUT2D eigenvalue weighted by atomic mass is 10.2. The summed E-state index contributed by atoms with van der Waals surface area (Å²) in [5.74, 6) is 2.47. The minimum atomic E-state index is 0.435. The third-order valence-corrected chi connectivity index (χ3v) is 3.85. The summed E-state index contributed by atoms with van der Waals surface area (Å²) in [6.07, 6.45) is 1.61. The fourth-order valence-electron chi connectivity index (χ4n) is 1.78. The average molecular weight is 314 g/mol. The van der Waals surface area contributed by atoms with Crippen LogP contribution in [0.4, 0.5) is 5.82 Å². The van der Waals surface area contributed by atoms with Crippen LogP contribution in [-0.4, -0.2) is 22.3 Å². The molecule has 0 atom stereocenters. The van der Waals surface area contributed by atoms with E-state index in [9.17, 15) is 0 Å². The van der Waals surface area contributed by atoms with Gasteiger partial charge in [-0.2, -0.15) is 0 Å². The summed E-state index contributed by atoms with van der Waals surface area (Å²) >= 11 is 1.48. The van der Waals surface area contributed by atoms with Crippen molar-refractivity contribution in [2.75, 3.05) is 12.8 Å². The molecule has 0 aliphatic heterocycles. The van der Waals surface area contributed by atoms with Gasteiger partial charge in [0.25, 0.3) is 5.22 Å². The Hall–Kier alpha value is -2.54. The molecule has 0 aliphatic carbocycles. The number of nitrogens with two attached hydrogens (primary N) is 1. The summed E-state index contributed by atoms with van der Waals surface area (Å²) in [7, 11) is 1.65. The zero-order valence-corrected chi connectivity index (χ0v) is 12.7. The molecule has 22 heavy (non-hydrogen) atoms. The van der Waals surface area contributed by atoms with Gasteiger partial charge in [0.2, 0.25) is 5.89 Å². The van der Waals surface area contributed by atoms with E-state index in [1.54, 1.807) is 25.4 Å². The maximum absolute atomic E-state index is 5.61. The van der Waals surface area contributed by atoms with Gasteiger partial charge in [0.15, 0.2) is 0 Å². The van der Waals surface area contributed by atoms with Crippen LogP contribution >= 0.6 is 11.8 Å². The van der Waals surface area contributed by atoms with Crippen LogP contribution in [0.1, 0.15) is 5.56 Å². The predicted octanol–water partition coefficient (Wildman–Crippen LogP) is 3.01. The van der Waals surface area contributed by atoms with Gasteiger partial charge in [0.1, 0.15) is 11.6 Å². The highest BCUT2D eigenvalue weighted by molar-refractivity contribution is 7.98. The second kappa shape index (κ2) is 6.48. The van der Waals surface area contributed by atoms with Gasteiger partial charge in [-0.25, -0.2) is 4.98 Å².